The van der Waals surface area contributed by atoms with Crippen molar-refractivity contribution in [3.8, 4) is 34.5 Å². The molecule has 0 unspecified atom stereocenters. The lowest BCUT2D eigenvalue weighted by Crippen LogP contribution is -2.39. The fourth-order valence-electron chi connectivity index (χ4n) is 6.77. The summed E-state index contributed by atoms with van der Waals surface area (Å²) in [6, 6.07) is 6.15. The first-order valence-electron chi connectivity index (χ1n) is 19.4. The standard InChI is InChI=1S/C14H18N2O5.C13H16N2O5.C12H14N2O6.3ClH/c17-12-8-10(7-11(14(12)19)16(20)21)13(18)9-15-5-3-1-2-4-6-15;16-11-7-9(6-10(13(11)18)15(19)20)12(17)8-14-4-2-1-3-5-14;15-10-6-8(5-9(12(10)17)14(18)19)11(16)7-13-1-3-20-4-2-13;;;/h7-8,17,19H,1-6,9H2;6-7,16,18H,1-5,8H2;5-6,15,17H,1-4,7H2;3*1H. The number of ketones is 3. The van der Waals surface area contributed by atoms with E-state index in [9.17, 15) is 75.4 Å². The van der Waals surface area contributed by atoms with Gasteiger partial charge in [-0.1, -0.05) is 19.3 Å². The maximum Gasteiger partial charge on any atom is 0.315 e. The van der Waals surface area contributed by atoms with E-state index < -0.39 is 66.3 Å². The van der Waals surface area contributed by atoms with Gasteiger partial charge in [0.15, 0.2) is 34.6 Å². The molecule has 64 heavy (non-hydrogen) atoms. The Kier molecular flexibility index (Phi) is 23.7. The minimum atomic E-state index is -0.847. The van der Waals surface area contributed by atoms with Gasteiger partial charge in [-0.3, -0.25) is 59.4 Å². The summed E-state index contributed by atoms with van der Waals surface area (Å²) in [4.78, 5) is 72.0. The van der Waals surface area contributed by atoms with Crippen molar-refractivity contribution in [2.45, 2.75) is 44.9 Å². The van der Waals surface area contributed by atoms with Gasteiger partial charge in [-0.05, 0) is 70.1 Å². The van der Waals surface area contributed by atoms with E-state index in [0.29, 0.717) is 26.3 Å². The molecule has 3 heterocycles. The van der Waals surface area contributed by atoms with Gasteiger partial charge in [-0.2, -0.15) is 0 Å². The highest BCUT2D eigenvalue weighted by Crippen LogP contribution is 2.38. The third kappa shape index (κ3) is 16.2. The highest BCUT2D eigenvalue weighted by Gasteiger charge is 2.26. The largest absolute Gasteiger partial charge is 0.504 e. The van der Waals surface area contributed by atoms with Crippen molar-refractivity contribution in [2.24, 2.45) is 0 Å². The smallest absolute Gasteiger partial charge is 0.315 e. The molecule has 3 aliphatic rings. The van der Waals surface area contributed by atoms with E-state index in [0.717, 1.165) is 108 Å². The monoisotopic (exact) mass is 964 g/mol. The molecule has 3 aromatic carbocycles. The van der Waals surface area contributed by atoms with Gasteiger partial charge < -0.3 is 35.4 Å². The van der Waals surface area contributed by atoms with Crippen molar-refractivity contribution >= 4 is 71.6 Å². The van der Waals surface area contributed by atoms with Gasteiger partial charge in [0.25, 0.3) is 0 Å². The van der Waals surface area contributed by atoms with Crippen LogP contribution in [-0.4, -0.2) is 150 Å². The summed E-state index contributed by atoms with van der Waals surface area (Å²) in [7, 11) is 0. The molecule has 0 aromatic heterocycles. The Hall–Kier alpha value is -5.62. The van der Waals surface area contributed by atoms with Crippen LogP contribution in [0.25, 0.3) is 0 Å². The molecule has 0 aliphatic carbocycles. The first-order valence-corrected chi connectivity index (χ1v) is 19.4. The third-order valence-electron chi connectivity index (χ3n) is 10.1. The van der Waals surface area contributed by atoms with Gasteiger partial charge in [0, 0.05) is 48.0 Å². The number of rotatable bonds is 12. The van der Waals surface area contributed by atoms with Crippen molar-refractivity contribution < 1.29 is 64.5 Å². The summed E-state index contributed by atoms with van der Waals surface area (Å²) in [5.74, 6) is -5.39. The molecule has 0 atom stereocenters. The van der Waals surface area contributed by atoms with Crippen LogP contribution in [-0.2, 0) is 4.74 Å². The SMILES string of the molecule is Cl.Cl.Cl.O=C(CN1CCCCC1)c1cc(O)c(O)c([N+](=O)[O-])c1.O=C(CN1CCCCCC1)c1cc(O)c(O)c([N+](=O)[O-])c1.O=C(CN1CCOCC1)c1cc(O)c(O)c([N+](=O)[O-])c1. The van der Waals surface area contributed by atoms with Crippen LogP contribution in [0.15, 0.2) is 36.4 Å². The average Bonchev–Trinajstić information content (AvgIpc) is 3.50. The van der Waals surface area contributed by atoms with E-state index in [1.54, 1.807) is 0 Å². The van der Waals surface area contributed by atoms with Crippen LogP contribution in [0.2, 0.25) is 0 Å². The van der Waals surface area contributed by atoms with Crippen molar-refractivity contribution in [2.75, 3.05) is 72.1 Å². The molecule has 25 heteroatoms. The number of nitro groups is 3. The highest BCUT2D eigenvalue weighted by atomic mass is 35.5. The second-order valence-electron chi connectivity index (χ2n) is 14.5. The number of morpholine rings is 1. The van der Waals surface area contributed by atoms with Crippen molar-refractivity contribution in [3.63, 3.8) is 0 Å². The Morgan fingerprint density at radius 3 is 0.969 bits per heavy atom. The minimum Gasteiger partial charge on any atom is -0.504 e. The second kappa shape index (κ2) is 26.9. The topological polar surface area (TPSA) is 321 Å². The molecular formula is C39H51Cl3N6O16. The van der Waals surface area contributed by atoms with Crippen LogP contribution in [0.3, 0.4) is 0 Å². The van der Waals surface area contributed by atoms with Crippen molar-refractivity contribution in [1.82, 2.24) is 14.7 Å². The van der Waals surface area contributed by atoms with E-state index in [1.807, 2.05) is 14.7 Å². The summed E-state index contributed by atoms with van der Waals surface area (Å²) in [5, 5.41) is 88.9. The number of Topliss-reactive ketones (excluding diaryl/α,β-unsaturated/α-hetero) is 3. The van der Waals surface area contributed by atoms with Crippen LogP contribution in [0.4, 0.5) is 17.1 Å². The van der Waals surface area contributed by atoms with E-state index in [1.165, 1.54) is 0 Å². The number of phenols is 6. The van der Waals surface area contributed by atoms with Crippen LogP contribution >= 0.6 is 37.2 Å². The van der Waals surface area contributed by atoms with E-state index in [4.69, 9.17) is 4.74 Å². The highest BCUT2D eigenvalue weighted by molar-refractivity contribution is 6.00. The summed E-state index contributed by atoms with van der Waals surface area (Å²) in [5.41, 5.74) is -1.92. The molecule has 0 saturated carbocycles. The quantitative estimate of drug-likeness (QED) is 0.0563. The maximum atomic E-state index is 12.2. The molecule has 22 nitrogen and oxygen atoms in total. The summed E-state index contributed by atoms with van der Waals surface area (Å²) < 4.78 is 5.16. The first kappa shape index (κ1) is 56.4. The second-order valence-corrected chi connectivity index (χ2v) is 14.5. The molecule has 0 amide bonds. The average molecular weight is 966 g/mol. The lowest BCUT2D eigenvalue weighted by molar-refractivity contribution is -0.386. The summed E-state index contributed by atoms with van der Waals surface area (Å²) in [6.07, 6.45) is 7.59. The first-order chi connectivity index (χ1) is 29.0. The Balaban J connectivity index is 0.000000469. The molecule has 3 aliphatic heterocycles. The number of halogens is 3. The number of nitro benzene ring substituents is 3. The molecule has 6 rings (SSSR count). The maximum absolute atomic E-state index is 12.2. The van der Waals surface area contributed by atoms with Crippen molar-refractivity contribution in [3.05, 3.63) is 83.4 Å². The Morgan fingerprint density at radius 2 is 0.703 bits per heavy atom. The number of carbonyl (C=O) groups is 3. The molecule has 354 valence electrons. The molecule has 0 bridgehead atoms. The Labute approximate surface area is 384 Å². The number of hydrogen-bond donors (Lipinski definition) is 6. The number of carbonyl (C=O) groups excluding carboxylic acids is 3. The normalized spacial score (nSPS) is 15.4. The fourth-order valence-corrected chi connectivity index (χ4v) is 6.77. The van der Waals surface area contributed by atoms with Crippen LogP contribution < -0.4 is 0 Å². The molecule has 3 saturated heterocycles. The third-order valence-corrected chi connectivity index (χ3v) is 10.1. The van der Waals surface area contributed by atoms with Gasteiger partial charge in [0.05, 0.1) is 47.6 Å². The van der Waals surface area contributed by atoms with Gasteiger partial charge in [0.1, 0.15) is 0 Å². The number of phenolic OH excluding ortho intramolecular Hbond substituents is 6. The molecular weight excluding hydrogens is 915 g/mol. The Bertz CT molecular complexity index is 2010. The zero-order valence-corrected chi connectivity index (χ0v) is 36.8. The molecule has 3 aromatic rings. The Morgan fingerprint density at radius 1 is 0.453 bits per heavy atom. The molecule has 0 spiro atoms. The number of hydrogen-bond acceptors (Lipinski definition) is 19. The number of nitrogens with zero attached hydrogens (tertiary/aromatic N) is 6. The van der Waals surface area contributed by atoms with Gasteiger partial charge >= 0.3 is 17.1 Å². The molecule has 3 fully saturated rings. The van der Waals surface area contributed by atoms with Gasteiger partial charge in [0.2, 0.25) is 17.2 Å². The number of ether oxygens (including phenoxy) is 1. The fraction of sp³-hybridized carbons (Fsp3) is 0.462. The van der Waals surface area contributed by atoms with Crippen LogP contribution in [0.5, 0.6) is 34.5 Å². The zero-order valence-electron chi connectivity index (χ0n) is 34.4. The lowest BCUT2D eigenvalue weighted by atomic mass is 10.1. The van der Waals surface area contributed by atoms with Crippen LogP contribution in [0, 0.1) is 30.3 Å². The summed E-state index contributed by atoms with van der Waals surface area (Å²) >= 11 is 0. The summed E-state index contributed by atoms with van der Waals surface area (Å²) in [6.45, 7) is 6.04. The minimum absolute atomic E-state index is 0. The molecule has 6 N–H and O–H groups in total. The van der Waals surface area contributed by atoms with E-state index in [2.05, 4.69) is 0 Å². The number of aromatic hydroxyl groups is 6. The number of likely N-dealkylation sites (tertiary alicyclic amines) is 2. The predicted octanol–water partition coefficient (Wildman–Crippen LogP) is 5.53. The van der Waals surface area contributed by atoms with Crippen molar-refractivity contribution in [1.29, 1.82) is 0 Å². The molecule has 0 radical (unpaired) electrons. The predicted molar refractivity (Wildman–Crippen MR) is 236 cm³/mol. The number of piperidine rings is 1. The van der Waals surface area contributed by atoms with E-state index >= 15 is 0 Å². The van der Waals surface area contributed by atoms with Gasteiger partial charge in [-0.15, -0.1) is 37.2 Å². The van der Waals surface area contributed by atoms with Crippen LogP contribution in [0.1, 0.15) is 76.0 Å². The van der Waals surface area contributed by atoms with E-state index in [-0.39, 0.29) is 90.9 Å². The lowest BCUT2D eigenvalue weighted by Gasteiger charge is -2.25. The number of benzene rings is 3. The zero-order chi connectivity index (χ0) is 44.8. The van der Waals surface area contributed by atoms with Gasteiger partial charge in [-0.25, -0.2) is 0 Å².